The lowest BCUT2D eigenvalue weighted by atomic mass is 10.0. The molecule has 0 aliphatic heterocycles. The van der Waals surface area contributed by atoms with Crippen molar-refractivity contribution in [3.8, 4) is 0 Å². The molecule has 0 spiro atoms. The van der Waals surface area contributed by atoms with Crippen molar-refractivity contribution in [1.29, 1.82) is 0 Å². The fraction of sp³-hybridized carbons (Fsp3) is 0.595. The molecule has 89 heavy (non-hydrogen) atoms. The number of allylic oxidation sites excluding steroid dienone is 30. The van der Waals surface area contributed by atoms with E-state index >= 15 is 0 Å². The lowest BCUT2D eigenvalue weighted by molar-refractivity contribution is -0.161. The maximum atomic E-state index is 12.8. The molecule has 0 fully saturated rings. The Labute approximate surface area is 545 Å². The SMILES string of the molecule is CC/C=C\C/C=C\C/C=C\C/C=C\C/C=C\C/C=C\C/C=C\C/C=C\C/C=C\C/C=C\C/C=C\CCCCCCCCCC(=O)OC(COC(=O)CCCCCCCCCCCCCCCC/C=C\C/C=C\C/C=C\C/C=C\CC)COP(=O)(O)OCCN. The molecule has 10 heteroatoms. The first-order valence-electron chi connectivity index (χ1n) is 35.3. The molecule has 502 valence electrons. The summed E-state index contributed by atoms with van der Waals surface area (Å²) in [4.78, 5) is 35.4. The van der Waals surface area contributed by atoms with Crippen LogP contribution in [0.4, 0.5) is 0 Å². The summed E-state index contributed by atoms with van der Waals surface area (Å²) < 4.78 is 33.2. The van der Waals surface area contributed by atoms with Crippen LogP contribution in [0.15, 0.2) is 182 Å². The molecule has 3 N–H and O–H groups in total. The van der Waals surface area contributed by atoms with Gasteiger partial charge in [0.15, 0.2) is 6.10 Å². The Bertz CT molecular complexity index is 2110. The van der Waals surface area contributed by atoms with Crippen molar-refractivity contribution in [2.45, 2.75) is 277 Å². The van der Waals surface area contributed by atoms with Gasteiger partial charge in [-0.3, -0.25) is 18.6 Å². The maximum Gasteiger partial charge on any atom is 0.472 e. The molecule has 0 saturated carbocycles. The van der Waals surface area contributed by atoms with E-state index in [2.05, 4.69) is 196 Å². The van der Waals surface area contributed by atoms with Crippen LogP contribution >= 0.6 is 7.82 Å². The molecule has 0 aromatic carbocycles. The van der Waals surface area contributed by atoms with Crippen molar-refractivity contribution >= 4 is 19.8 Å². The number of nitrogens with two attached hydrogens (primary N) is 1. The number of ether oxygens (including phenoxy) is 2. The van der Waals surface area contributed by atoms with Gasteiger partial charge in [-0.25, -0.2) is 4.57 Å². The van der Waals surface area contributed by atoms with E-state index in [0.717, 1.165) is 148 Å². The molecule has 0 aliphatic rings. The van der Waals surface area contributed by atoms with E-state index in [-0.39, 0.29) is 38.6 Å². The molecule has 2 atom stereocenters. The Morgan fingerprint density at radius 3 is 0.865 bits per heavy atom. The summed E-state index contributed by atoms with van der Waals surface area (Å²) in [6.45, 7) is 3.50. The van der Waals surface area contributed by atoms with Gasteiger partial charge < -0.3 is 20.1 Å². The minimum absolute atomic E-state index is 0.0430. The molecule has 0 saturated heterocycles. The molecule has 2 unspecified atom stereocenters. The molecule has 0 amide bonds. The Balaban J connectivity index is 3.99. The highest BCUT2D eigenvalue weighted by molar-refractivity contribution is 7.47. The molecule has 0 aromatic rings. The van der Waals surface area contributed by atoms with Gasteiger partial charge in [0.2, 0.25) is 0 Å². The van der Waals surface area contributed by atoms with Crippen molar-refractivity contribution in [3.05, 3.63) is 182 Å². The van der Waals surface area contributed by atoms with Crippen molar-refractivity contribution in [2.75, 3.05) is 26.4 Å². The summed E-state index contributed by atoms with van der Waals surface area (Å²) in [6, 6.07) is 0. The lowest BCUT2D eigenvalue weighted by Gasteiger charge is -2.19. The van der Waals surface area contributed by atoms with E-state index in [0.29, 0.717) is 6.42 Å². The fourth-order valence-electron chi connectivity index (χ4n) is 9.16. The number of rotatable bonds is 64. The summed E-state index contributed by atoms with van der Waals surface area (Å²) in [5.74, 6) is -0.848. The predicted molar refractivity (Wildman–Crippen MR) is 385 cm³/mol. The Morgan fingerprint density at radius 2 is 0.584 bits per heavy atom. The Kier molecular flexibility index (Phi) is 68.2. The van der Waals surface area contributed by atoms with Gasteiger partial charge in [-0.2, -0.15) is 0 Å². The van der Waals surface area contributed by atoms with E-state index in [1.54, 1.807) is 0 Å². The molecule has 0 radical (unpaired) electrons. The third-order valence-electron chi connectivity index (χ3n) is 14.3. The van der Waals surface area contributed by atoms with Crippen LogP contribution in [0.3, 0.4) is 0 Å². The third-order valence-corrected chi connectivity index (χ3v) is 15.3. The summed E-state index contributed by atoms with van der Waals surface area (Å²) in [6.07, 6.45) is 108. The van der Waals surface area contributed by atoms with Crippen molar-refractivity contribution in [3.63, 3.8) is 0 Å². The number of carbonyl (C=O) groups excluding carboxylic acids is 2. The average molecular weight is 1250 g/mol. The van der Waals surface area contributed by atoms with Crippen molar-refractivity contribution in [1.82, 2.24) is 0 Å². The van der Waals surface area contributed by atoms with Gasteiger partial charge in [0.05, 0.1) is 13.2 Å². The van der Waals surface area contributed by atoms with Gasteiger partial charge in [-0.15, -0.1) is 0 Å². The smallest absolute Gasteiger partial charge is 0.462 e. The second kappa shape index (κ2) is 72.2. The summed E-state index contributed by atoms with van der Waals surface area (Å²) >= 11 is 0. The van der Waals surface area contributed by atoms with Crippen molar-refractivity contribution < 1.29 is 37.6 Å². The van der Waals surface area contributed by atoms with Gasteiger partial charge in [-0.1, -0.05) is 305 Å². The van der Waals surface area contributed by atoms with Gasteiger partial charge >= 0.3 is 19.8 Å². The molecule has 0 heterocycles. The van der Waals surface area contributed by atoms with Crippen LogP contribution in [-0.4, -0.2) is 49.3 Å². The molecule has 0 aromatic heterocycles. The number of hydrogen-bond donors (Lipinski definition) is 2. The van der Waals surface area contributed by atoms with E-state index in [4.69, 9.17) is 24.3 Å². The molecule has 0 rings (SSSR count). The van der Waals surface area contributed by atoms with Crippen LogP contribution in [0.5, 0.6) is 0 Å². The standard InChI is InChI=1S/C79H128NO8P/c1-3-5-7-9-11-13-15-17-19-21-23-25-27-29-31-32-33-34-35-36-37-38-39-40-41-42-43-44-46-48-50-52-54-56-58-60-62-64-66-68-70-72-79(82)88-77(76-87-89(83,84)86-74-73-80)75-85-78(81)71-69-67-65-63-61-59-57-55-53-51-49-47-45-30-28-26-24-22-20-18-16-14-12-10-8-6-4-2/h5-8,11-14,17-20,23-26,29,31,33-34,36-37,39-40,42-43,46,48,52,54,77H,3-4,9-10,15-16,21-22,27-28,30,32,35,38,41,44-45,47,49-51,53,55-76,80H2,1-2H3,(H,83,84)/b7-5-,8-6-,13-11-,14-12-,19-17-,20-18-,25-23-,26-24-,31-29-,34-33-,37-36-,40-39-,43-42-,48-46-,54-52-. The van der Waals surface area contributed by atoms with Gasteiger partial charge in [0.25, 0.3) is 0 Å². The van der Waals surface area contributed by atoms with Crippen LogP contribution in [-0.2, 0) is 32.7 Å². The molecular weight excluding hydrogens is 1120 g/mol. The van der Waals surface area contributed by atoms with Gasteiger partial charge in [-0.05, 0) is 135 Å². The fourth-order valence-corrected chi connectivity index (χ4v) is 9.93. The normalized spacial score (nSPS) is 14.1. The Hall–Kier alpha value is -4.89. The first kappa shape index (κ1) is 84.1. The topological polar surface area (TPSA) is 134 Å². The van der Waals surface area contributed by atoms with Crippen LogP contribution in [0.1, 0.15) is 271 Å². The summed E-state index contributed by atoms with van der Waals surface area (Å²) in [7, 11) is -4.41. The van der Waals surface area contributed by atoms with E-state index in [1.807, 2.05) is 0 Å². The van der Waals surface area contributed by atoms with E-state index in [9.17, 15) is 19.0 Å². The molecular formula is C79H128NO8P. The van der Waals surface area contributed by atoms with Gasteiger partial charge in [0.1, 0.15) is 6.61 Å². The highest BCUT2D eigenvalue weighted by Crippen LogP contribution is 2.43. The largest absolute Gasteiger partial charge is 0.472 e. The Morgan fingerprint density at radius 1 is 0.337 bits per heavy atom. The minimum atomic E-state index is -4.41. The number of phosphoric ester groups is 1. The van der Waals surface area contributed by atoms with Crippen LogP contribution in [0.2, 0.25) is 0 Å². The molecule has 9 nitrogen and oxygen atoms in total. The van der Waals surface area contributed by atoms with Crippen LogP contribution in [0.25, 0.3) is 0 Å². The quantitative estimate of drug-likeness (QED) is 0.0264. The molecule has 0 aliphatic carbocycles. The first-order chi connectivity index (χ1) is 43.8. The predicted octanol–water partition coefficient (Wildman–Crippen LogP) is 23.5. The number of phosphoric acid groups is 1. The van der Waals surface area contributed by atoms with Crippen molar-refractivity contribution in [2.24, 2.45) is 5.73 Å². The number of carbonyl (C=O) groups is 2. The highest BCUT2D eigenvalue weighted by atomic mass is 31.2. The zero-order valence-electron chi connectivity index (χ0n) is 56.3. The number of esters is 2. The summed E-state index contributed by atoms with van der Waals surface area (Å²) in [5, 5.41) is 0. The first-order valence-corrected chi connectivity index (χ1v) is 36.8. The number of unbranched alkanes of at least 4 members (excludes halogenated alkanes) is 21. The highest BCUT2D eigenvalue weighted by Gasteiger charge is 2.26. The second-order valence-corrected chi connectivity index (χ2v) is 24.1. The van der Waals surface area contributed by atoms with E-state index in [1.165, 1.54) is 89.9 Å². The maximum absolute atomic E-state index is 12.8. The zero-order valence-corrected chi connectivity index (χ0v) is 57.2. The monoisotopic (exact) mass is 1250 g/mol. The van der Waals surface area contributed by atoms with E-state index < -0.39 is 26.5 Å². The lowest BCUT2D eigenvalue weighted by Crippen LogP contribution is -2.29. The second-order valence-electron chi connectivity index (χ2n) is 22.6. The zero-order chi connectivity index (χ0) is 64.4. The minimum Gasteiger partial charge on any atom is -0.462 e. The molecule has 0 bridgehead atoms. The van der Waals surface area contributed by atoms with Crippen LogP contribution in [0, 0.1) is 0 Å². The van der Waals surface area contributed by atoms with Gasteiger partial charge in [0, 0.05) is 19.4 Å². The van der Waals surface area contributed by atoms with Crippen LogP contribution < -0.4 is 5.73 Å². The third kappa shape index (κ3) is 72.1. The summed E-state index contributed by atoms with van der Waals surface area (Å²) in [5.41, 5.74) is 5.40. The number of hydrogen-bond acceptors (Lipinski definition) is 8. The average Bonchev–Trinajstić information content (AvgIpc) is 3.58.